The summed E-state index contributed by atoms with van der Waals surface area (Å²) in [4.78, 5) is 58.3. The van der Waals surface area contributed by atoms with Crippen LogP contribution in [0.1, 0.15) is 226 Å². The average Bonchev–Trinajstić information content (AvgIpc) is 3.55. The first-order valence-electron chi connectivity index (χ1n) is 33.1. The van der Waals surface area contributed by atoms with E-state index in [0.29, 0.717) is 19.3 Å². The lowest BCUT2D eigenvalue weighted by molar-refractivity contribution is -0.161. The Hall–Kier alpha value is -4.57. The molecular formula is C71H116O16P2. The van der Waals surface area contributed by atoms with Crippen molar-refractivity contribution in [2.45, 2.75) is 245 Å². The lowest BCUT2D eigenvalue weighted by Crippen LogP contribution is -2.30. The number of aliphatic hydroxyl groups excluding tert-OH is 2. The second kappa shape index (κ2) is 63.6. The number of ether oxygens (including phenoxy) is 3. The van der Waals surface area contributed by atoms with E-state index in [-0.39, 0.29) is 19.3 Å². The van der Waals surface area contributed by atoms with E-state index in [9.17, 15) is 43.5 Å². The molecule has 16 nitrogen and oxygen atoms in total. The molecule has 0 aromatic heterocycles. The minimum Gasteiger partial charge on any atom is -0.463 e. The van der Waals surface area contributed by atoms with E-state index in [4.69, 9.17) is 32.3 Å². The third-order valence-corrected chi connectivity index (χ3v) is 14.9. The van der Waals surface area contributed by atoms with Gasteiger partial charge in [0.1, 0.15) is 25.4 Å². The smallest absolute Gasteiger partial charge is 0.463 e. The Morgan fingerprint density at radius 1 is 0.326 bits per heavy atom. The van der Waals surface area contributed by atoms with Crippen molar-refractivity contribution in [3.63, 3.8) is 0 Å². The number of carbonyl (C=O) groups is 3. The number of allylic oxidation sites excluding steroid dienone is 24. The lowest BCUT2D eigenvalue weighted by atomic mass is 10.1. The van der Waals surface area contributed by atoms with Gasteiger partial charge in [-0.05, 0) is 135 Å². The summed E-state index contributed by atoms with van der Waals surface area (Å²) in [5.74, 6) is -1.66. The minimum absolute atomic E-state index is 0.0750. The molecule has 506 valence electrons. The second-order valence-electron chi connectivity index (χ2n) is 21.5. The van der Waals surface area contributed by atoms with Crippen molar-refractivity contribution in [1.29, 1.82) is 0 Å². The molecule has 0 amide bonds. The Kier molecular flexibility index (Phi) is 60.3. The van der Waals surface area contributed by atoms with E-state index in [2.05, 4.69) is 167 Å². The fraction of sp³-hybridized carbons (Fsp3) is 0.620. The van der Waals surface area contributed by atoms with E-state index in [1.165, 1.54) is 0 Å². The maximum absolute atomic E-state index is 12.9. The van der Waals surface area contributed by atoms with Crippen LogP contribution in [-0.4, -0.2) is 95.9 Å². The highest BCUT2D eigenvalue weighted by Crippen LogP contribution is 2.45. The Morgan fingerprint density at radius 3 is 0.955 bits per heavy atom. The summed E-state index contributed by atoms with van der Waals surface area (Å²) in [6.07, 6.45) is 74.7. The predicted octanol–water partition coefficient (Wildman–Crippen LogP) is 18.2. The van der Waals surface area contributed by atoms with Crippen LogP contribution in [0.2, 0.25) is 0 Å². The van der Waals surface area contributed by atoms with Crippen LogP contribution in [-0.2, 0) is 55.8 Å². The van der Waals surface area contributed by atoms with Gasteiger partial charge >= 0.3 is 33.6 Å². The van der Waals surface area contributed by atoms with Gasteiger partial charge < -0.3 is 34.2 Å². The molecule has 0 aromatic carbocycles. The highest BCUT2D eigenvalue weighted by molar-refractivity contribution is 7.47. The van der Waals surface area contributed by atoms with Gasteiger partial charge in [-0.15, -0.1) is 0 Å². The normalized spacial score (nSPS) is 15.2. The van der Waals surface area contributed by atoms with Gasteiger partial charge in [0, 0.05) is 19.3 Å². The second-order valence-corrected chi connectivity index (χ2v) is 24.4. The van der Waals surface area contributed by atoms with Gasteiger partial charge in [-0.2, -0.15) is 0 Å². The van der Waals surface area contributed by atoms with Crippen LogP contribution in [0.25, 0.3) is 0 Å². The SMILES string of the molecule is CC/C=C\C/C=C\C/C=C\C/C=C\C/C=C\CCCCCCCC(=O)OCC(O)COP(=O)(O)OCC(O)COP(=O)(O)OCC(COC(=O)CCCCC/C=C\C/C=C\C/C=C\C/C=C\C/C=C\CC)OC(=O)CCCCCCC/C=C\C/C=C\CCC. The zero-order chi connectivity index (χ0) is 65.3. The number of hydrogen-bond donors (Lipinski definition) is 4. The summed E-state index contributed by atoms with van der Waals surface area (Å²) in [7, 11) is -9.80. The first-order chi connectivity index (χ1) is 43.2. The minimum atomic E-state index is -4.94. The number of unbranched alkanes of at least 4 members (excludes halogenated alkanes) is 14. The largest absolute Gasteiger partial charge is 0.472 e. The van der Waals surface area contributed by atoms with Crippen molar-refractivity contribution >= 4 is 33.6 Å². The predicted molar refractivity (Wildman–Crippen MR) is 362 cm³/mol. The van der Waals surface area contributed by atoms with Crippen LogP contribution in [0.15, 0.2) is 146 Å². The summed E-state index contributed by atoms with van der Waals surface area (Å²) >= 11 is 0. The third kappa shape index (κ3) is 64.8. The molecule has 0 saturated heterocycles. The van der Waals surface area contributed by atoms with Gasteiger partial charge in [0.25, 0.3) is 0 Å². The Balaban J connectivity index is 4.71. The van der Waals surface area contributed by atoms with Crippen molar-refractivity contribution in [1.82, 2.24) is 0 Å². The van der Waals surface area contributed by atoms with E-state index in [1.807, 2.05) is 0 Å². The van der Waals surface area contributed by atoms with Crippen molar-refractivity contribution < 1.29 is 75.8 Å². The average molecular weight is 1290 g/mol. The number of rotatable bonds is 61. The molecule has 5 unspecified atom stereocenters. The molecule has 0 aliphatic carbocycles. The zero-order valence-corrected chi connectivity index (χ0v) is 56.3. The molecule has 4 N–H and O–H groups in total. The van der Waals surface area contributed by atoms with Crippen LogP contribution in [0.3, 0.4) is 0 Å². The van der Waals surface area contributed by atoms with Crippen molar-refractivity contribution in [3.8, 4) is 0 Å². The van der Waals surface area contributed by atoms with Crippen LogP contribution < -0.4 is 0 Å². The summed E-state index contributed by atoms with van der Waals surface area (Å²) in [6.45, 7) is 2.26. The molecule has 0 spiro atoms. The van der Waals surface area contributed by atoms with Gasteiger partial charge in [0.15, 0.2) is 6.10 Å². The third-order valence-electron chi connectivity index (χ3n) is 13.0. The number of hydrogen-bond acceptors (Lipinski definition) is 14. The van der Waals surface area contributed by atoms with Gasteiger partial charge in [-0.3, -0.25) is 32.5 Å². The number of carbonyl (C=O) groups excluding carboxylic acids is 3. The highest BCUT2D eigenvalue weighted by Gasteiger charge is 2.29. The van der Waals surface area contributed by atoms with E-state index in [0.717, 1.165) is 167 Å². The van der Waals surface area contributed by atoms with Gasteiger partial charge in [-0.25, -0.2) is 9.13 Å². The molecular weight excluding hydrogens is 1170 g/mol. The summed E-state index contributed by atoms with van der Waals surface area (Å²) in [5.41, 5.74) is 0. The molecule has 0 radical (unpaired) electrons. The van der Waals surface area contributed by atoms with Crippen LogP contribution in [0, 0.1) is 0 Å². The molecule has 5 atom stereocenters. The van der Waals surface area contributed by atoms with E-state index >= 15 is 0 Å². The van der Waals surface area contributed by atoms with Crippen LogP contribution in [0.5, 0.6) is 0 Å². The van der Waals surface area contributed by atoms with Gasteiger partial charge in [0.2, 0.25) is 0 Å². The summed E-state index contributed by atoms with van der Waals surface area (Å²) in [6, 6.07) is 0. The molecule has 0 fully saturated rings. The van der Waals surface area contributed by atoms with Crippen molar-refractivity contribution in [2.24, 2.45) is 0 Å². The molecule has 0 saturated carbocycles. The maximum Gasteiger partial charge on any atom is 0.472 e. The lowest BCUT2D eigenvalue weighted by Gasteiger charge is -2.21. The van der Waals surface area contributed by atoms with E-state index in [1.54, 1.807) is 0 Å². The number of phosphoric acid groups is 2. The number of aliphatic hydroxyl groups is 2. The molecule has 0 aliphatic heterocycles. The summed E-state index contributed by atoms with van der Waals surface area (Å²) in [5, 5.41) is 20.5. The molecule has 0 heterocycles. The van der Waals surface area contributed by atoms with Crippen LogP contribution >= 0.6 is 15.6 Å². The fourth-order valence-corrected chi connectivity index (χ4v) is 9.60. The molecule has 89 heavy (non-hydrogen) atoms. The van der Waals surface area contributed by atoms with Crippen LogP contribution in [0.4, 0.5) is 0 Å². The number of esters is 3. The summed E-state index contributed by atoms with van der Waals surface area (Å²) < 4.78 is 60.7. The van der Waals surface area contributed by atoms with E-state index < -0.39 is 91.5 Å². The number of phosphoric ester groups is 2. The highest BCUT2D eigenvalue weighted by atomic mass is 31.2. The maximum atomic E-state index is 12.9. The monoisotopic (exact) mass is 1290 g/mol. The first-order valence-corrected chi connectivity index (χ1v) is 36.1. The van der Waals surface area contributed by atoms with Gasteiger partial charge in [-0.1, -0.05) is 218 Å². The van der Waals surface area contributed by atoms with Crippen molar-refractivity contribution in [3.05, 3.63) is 146 Å². The topological polar surface area (TPSA) is 231 Å². The Bertz CT molecular complexity index is 2210. The molecule has 0 rings (SSSR count). The zero-order valence-electron chi connectivity index (χ0n) is 54.5. The molecule has 0 aromatic rings. The molecule has 0 aliphatic rings. The first kappa shape index (κ1) is 84.4. The van der Waals surface area contributed by atoms with Crippen molar-refractivity contribution in [2.75, 3.05) is 39.6 Å². The van der Waals surface area contributed by atoms with Gasteiger partial charge in [0.05, 0.1) is 26.4 Å². The Labute approximate surface area is 537 Å². The fourth-order valence-electron chi connectivity index (χ4n) is 8.01. The molecule has 0 bridgehead atoms. The quantitative estimate of drug-likeness (QED) is 0.0146. The molecule has 18 heteroatoms. The Morgan fingerprint density at radius 2 is 0.596 bits per heavy atom. The standard InChI is InChI=1S/C71H116O16P2/c1-4-7-10-13-16-19-22-25-27-29-31-32-34-36-37-40-42-45-48-51-54-57-69(74)81-60-66(72)61-83-88(77,78)84-62-67(73)63-85-89(79,80)86-65-68(87-71(76)59-56-53-50-47-44-39-24-21-18-15-12-9-6-3)64-82-70(75)58-55-52-49-46-43-41-38-35-33-30-28-26-23-20-17-14-11-8-5-2/h7-8,10-12,15-17,19-21,24-28,31-33,35-37,41,43,66-68,72-73H,4-6,9,13-14,18,22-23,29-30,34,38-40,42,44-65H2,1-3H3,(H,77,78)(H,79,80)/b10-7-,11-8-,15-12-,19-16-,20-17-,24-21-,27-25-,28-26-,32-31-,35-33-,37-36-,43-41-.